The quantitative estimate of drug-likeness (QED) is 0.846. The minimum atomic E-state index is -0.0231. The maximum absolute atomic E-state index is 12.1. The van der Waals surface area contributed by atoms with Gasteiger partial charge in [-0.1, -0.05) is 25.8 Å². The average Bonchev–Trinajstić information content (AvgIpc) is 3.32. The van der Waals surface area contributed by atoms with E-state index in [0.29, 0.717) is 30.5 Å². The van der Waals surface area contributed by atoms with Crippen LogP contribution >= 0.6 is 0 Å². The monoisotopic (exact) mass is 288 g/mol. The van der Waals surface area contributed by atoms with Crippen LogP contribution in [0.3, 0.4) is 0 Å². The van der Waals surface area contributed by atoms with Crippen LogP contribution in [0.25, 0.3) is 0 Å². The standard InChI is InChI=1S/C17H24N2O2/c1-2-7-18-15(10-12-3-4-12)13-5-6-16-14(11-13)17(20)19-8-9-21-16/h5-6,11-12,15,18H,2-4,7-10H2,1H3,(H,19,20). The van der Waals surface area contributed by atoms with Crippen molar-refractivity contribution in [3.63, 3.8) is 0 Å². The first kappa shape index (κ1) is 14.4. The molecular formula is C17H24N2O2. The summed E-state index contributed by atoms with van der Waals surface area (Å²) in [5, 5.41) is 6.50. The molecule has 1 saturated carbocycles. The van der Waals surface area contributed by atoms with Crippen LogP contribution in [0.5, 0.6) is 5.75 Å². The molecule has 1 atom stereocenters. The first-order valence-electron chi connectivity index (χ1n) is 8.06. The predicted molar refractivity (Wildman–Crippen MR) is 82.6 cm³/mol. The van der Waals surface area contributed by atoms with Crippen molar-refractivity contribution in [1.82, 2.24) is 10.6 Å². The van der Waals surface area contributed by atoms with Gasteiger partial charge >= 0.3 is 0 Å². The Hall–Kier alpha value is -1.55. The Bertz CT molecular complexity index is 512. The molecule has 1 aromatic rings. The minimum absolute atomic E-state index is 0.0231. The van der Waals surface area contributed by atoms with Crippen molar-refractivity contribution >= 4 is 5.91 Å². The van der Waals surface area contributed by atoms with Gasteiger partial charge in [0.2, 0.25) is 0 Å². The highest BCUT2D eigenvalue weighted by Crippen LogP contribution is 2.38. The van der Waals surface area contributed by atoms with Gasteiger partial charge in [0, 0.05) is 6.04 Å². The van der Waals surface area contributed by atoms with E-state index in [9.17, 15) is 4.79 Å². The molecule has 21 heavy (non-hydrogen) atoms. The smallest absolute Gasteiger partial charge is 0.255 e. The highest BCUT2D eigenvalue weighted by atomic mass is 16.5. The summed E-state index contributed by atoms with van der Waals surface area (Å²) in [5.41, 5.74) is 1.87. The van der Waals surface area contributed by atoms with E-state index in [-0.39, 0.29) is 5.91 Å². The molecule has 2 aliphatic rings. The zero-order valence-corrected chi connectivity index (χ0v) is 12.7. The molecule has 0 bridgehead atoms. The maximum Gasteiger partial charge on any atom is 0.255 e. The zero-order valence-electron chi connectivity index (χ0n) is 12.7. The summed E-state index contributed by atoms with van der Waals surface area (Å²) >= 11 is 0. The van der Waals surface area contributed by atoms with Gasteiger partial charge in [0.15, 0.2) is 0 Å². The largest absolute Gasteiger partial charge is 0.491 e. The predicted octanol–water partition coefficient (Wildman–Crippen LogP) is 2.65. The lowest BCUT2D eigenvalue weighted by molar-refractivity contribution is 0.0957. The minimum Gasteiger partial charge on any atom is -0.491 e. The molecule has 3 rings (SSSR count). The van der Waals surface area contributed by atoms with E-state index in [4.69, 9.17) is 4.74 Å². The molecule has 2 N–H and O–H groups in total. The van der Waals surface area contributed by atoms with Crippen LogP contribution < -0.4 is 15.4 Å². The van der Waals surface area contributed by atoms with Crippen LogP contribution in [0.15, 0.2) is 18.2 Å². The zero-order chi connectivity index (χ0) is 14.7. The van der Waals surface area contributed by atoms with Gasteiger partial charge in [0.05, 0.1) is 12.1 Å². The SMILES string of the molecule is CCCNC(CC1CC1)c1ccc2c(c1)C(=O)NCCO2. The number of amides is 1. The molecule has 1 heterocycles. The van der Waals surface area contributed by atoms with E-state index >= 15 is 0 Å². The second-order valence-corrected chi connectivity index (χ2v) is 6.05. The van der Waals surface area contributed by atoms with Crippen LogP contribution in [0.4, 0.5) is 0 Å². The number of rotatable bonds is 6. The fourth-order valence-electron chi connectivity index (χ4n) is 2.83. The lowest BCUT2D eigenvalue weighted by Gasteiger charge is -2.20. The van der Waals surface area contributed by atoms with Crippen molar-refractivity contribution in [3.8, 4) is 5.75 Å². The molecule has 0 radical (unpaired) electrons. The Morgan fingerprint density at radius 1 is 1.43 bits per heavy atom. The molecule has 0 saturated heterocycles. The molecule has 1 amide bonds. The van der Waals surface area contributed by atoms with Crippen LogP contribution in [0.1, 0.15) is 54.6 Å². The third-order valence-electron chi connectivity index (χ3n) is 4.20. The Morgan fingerprint density at radius 2 is 2.29 bits per heavy atom. The van der Waals surface area contributed by atoms with Crippen molar-refractivity contribution < 1.29 is 9.53 Å². The lowest BCUT2D eigenvalue weighted by Crippen LogP contribution is -2.25. The van der Waals surface area contributed by atoms with E-state index in [1.165, 1.54) is 24.8 Å². The first-order valence-corrected chi connectivity index (χ1v) is 8.06. The first-order chi connectivity index (χ1) is 10.3. The molecule has 1 aliphatic heterocycles. The van der Waals surface area contributed by atoms with Crippen LogP contribution in [0.2, 0.25) is 0 Å². The summed E-state index contributed by atoms with van der Waals surface area (Å²) < 4.78 is 5.62. The molecule has 4 heteroatoms. The normalized spacial score (nSPS) is 19.2. The van der Waals surface area contributed by atoms with Gasteiger partial charge < -0.3 is 15.4 Å². The number of ether oxygens (including phenoxy) is 1. The van der Waals surface area contributed by atoms with Crippen LogP contribution in [0, 0.1) is 5.92 Å². The van der Waals surface area contributed by atoms with Gasteiger partial charge in [-0.15, -0.1) is 0 Å². The number of nitrogens with one attached hydrogen (secondary N) is 2. The molecule has 0 spiro atoms. The third-order valence-corrected chi connectivity index (χ3v) is 4.20. The molecule has 4 nitrogen and oxygen atoms in total. The topological polar surface area (TPSA) is 50.4 Å². The number of carbonyl (C=O) groups is 1. The number of hydrogen-bond donors (Lipinski definition) is 2. The lowest BCUT2D eigenvalue weighted by atomic mass is 9.98. The van der Waals surface area contributed by atoms with E-state index in [1.54, 1.807) is 0 Å². The molecule has 0 aromatic heterocycles. The Morgan fingerprint density at radius 3 is 3.05 bits per heavy atom. The summed E-state index contributed by atoms with van der Waals surface area (Å²) in [4.78, 5) is 12.1. The van der Waals surface area contributed by atoms with Crippen molar-refractivity contribution in [3.05, 3.63) is 29.3 Å². The van der Waals surface area contributed by atoms with Crippen molar-refractivity contribution in [2.75, 3.05) is 19.7 Å². The van der Waals surface area contributed by atoms with Crippen LogP contribution in [-0.4, -0.2) is 25.6 Å². The molecule has 1 aromatic carbocycles. The Balaban J connectivity index is 1.83. The molecule has 1 aliphatic carbocycles. The Labute approximate surface area is 126 Å². The van der Waals surface area contributed by atoms with Crippen molar-refractivity contribution in [2.24, 2.45) is 5.92 Å². The second kappa shape index (κ2) is 6.48. The summed E-state index contributed by atoms with van der Waals surface area (Å²) in [5.74, 6) is 1.53. The van der Waals surface area contributed by atoms with E-state index in [1.807, 2.05) is 12.1 Å². The maximum atomic E-state index is 12.1. The van der Waals surface area contributed by atoms with Crippen molar-refractivity contribution in [1.29, 1.82) is 0 Å². The fraction of sp³-hybridized carbons (Fsp3) is 0.588. The summed E-state index contributed by atoms with van der Waals surface area (Å²) in [6.45, 7) is 4.30. The van der Waals surface area contributed by atoms with E-state index < -0.39 is 0 Å². The summed E-state index contributed by atoms with van der Waals surface area (Å²) in [6.07, 6.45) is 4.98. The van der Waals surface area contributed by atoms with Gasteiger partial charge in [-0.25, -0.2) is 0 Å². The fourth-order valence-corrected chi connectivity index (χ4v) is 2.83. The highest BCUT2D eigenvalue weighted by molar-refractivity contribution is 5.97. The number of fused-ring (bicyclic) bond motifs is 1. The van der Waals surface area contributed by atoms with Gasteiger partial charge in [-0.05, 0) is 43.0 Å². The third kappa shape index (κ3) is 3.56. The van der Waals surface area contributed by atoms with Gasteiger partial charge in [-0.2, -0.15) is 0 Å². The second-order valence-electron chi connectivity index (χ2n) is 6.05. The van der Waals surface area contributed by atoms with Crippen molar-refractivity contribution in [2.45, 2.75) is 38.6 Å². The van der Waals surface area contributed by atoms with E-state index in [0.717, 1.165) is 18.9 Å². The van der Waals surface area contributed by atoms with Gasteiger partial charge in [0.1, 0.15) is 12.4 Å². The number of benzene rings is 1. The molecule has 1 unspecified atom stereocenters. The molecular weight excluding hydrogens is 264 g/mol. The van der Waals surface area contributed by atoms with E-state index in [2.05, 4.69) is 23.6 Å². The summed E-state index contributed by atoms with van der Waals surface area (Å²) in [7, 11) is 0. The highest BCUT2D eigenvalue weighted by Gasteiger charge is 2.27. The van der Waals surface area contributed by atoms with Crippen LogP contribution in [-0.2, 0) is 0 Å². The Kier molecular flexibility index (Phi) is 4.44. The summed E-state index contributed by atoms with van der Waals surface area (Å²) in [6, 6.07) is 6.40. The van der Waals surface area contributed by atoms with Gasteiger partial charge in [-0.3, -0.25) is 4.79 Å². The van der Waals surface area contributed by atoms with Gasteiger partial charge in [0.25, 0.3) is 5.91 Å². The molecule has 1 fully saturated rings. The molecule has 114 valence electrons. The number of carbonyl (C=O) groups excluding carboxylic acids is 1. The average molecular weight is 288 g/mol. The number of hydrogen-bond acceptors (Lipinski definition) is 3.